The predicted molar refractivity (Wildman–Crippen MR) is 91.3 cm³/mol. The molecule has 2 aromatic carbocycles. The standard InChI is InChI=1S/C17H22N2O3S/c1-19(13-7-8-13)12-11-18-23(20,21)17-10-9-16(22-2)14-5-3-4-6-15(14)17/h3-6,9-10,13,18H,7-8,11-12H2,1-2H3. The fraction of sp³-hybridized carbons (Fsp3) is 0.412. The molecule has 5 nitrogen and oxygen atoms in total. The van der Waals surface area contributed by atoms with Crippen LogP contribution in [0.1, 0.15) is 12.8 Å². The Balaban J connectivity index is 1.83. The van der Waals surface area contributed by atoms with Crippen molar-refractivity contribution < 1.29 is 13.2 Å². The van der Waals surface area contributed by atoms with Crippen molar-refractivity contribution in [3.63, 3.8) is 0 Å². The van der Waals surface area contributed by atoms with Gasteiger partial charge in [-0.1, -0.05) is 24.3 Å². The first-order chi connectivity index (χ1) is 11.0. The summed E-state index contributed by atoms with van der Waals surface area (Å²) in [6.07, 6.45) is 2.43. The minimum Gasteiger partial charge on any atom is -0.496 e. The quantitative estimate of drug-likeness (QED) is 0.843. The molecule has 0 aliphatic heterocycles. The van der Waals surface area contributed by atoms with E-state index in [1.54, 1.807) is 19.2 Å². The van der Waals surface area contributed by atoms with Crippen LogP contribution in [-0.2, 0) is 10.0 Å². The van der Waals surface area contributed by atoms with E-state index in [1.165, 1.54) is 12.8 Å². The number of nitrogens with one attached hydrogen (secondary N) is 1. The molecule has 1 aliphatic carbocycles. The Morgan fingerprint density at radius 1 is 1.17 bits per heavy atom. The van der Waals surface area contributed by atoms with Crippen LogP contribution >= 0.6 is 0 Å². The molecule has 0 aromatic heterocycles. The number of nitrogens with zero attached hydrogens (tertiary/aromatic N) is 1. The molecule has 6 heteroatoms. The number of hydrogen-bond donors (Lipinski definition) is 1. The molecule has 0 unspecified atom stereocenters. The lowest BCUT2D eigenvalue weighted by Gasteiger charge is -2.16. The number of benzene rings is 2. The van der Waals surface area contributed by atoms with Gasteiger partial charge in [0.25, 0.3) is 0 Å². The first-order valence-corrected chi connectivity index (χ1v) is 9.27. The highest BCUT2D eigenvalue weighted by Gasteiger charge is 2.26. The lowest BCUT2D eigenvalue weighted by molar-refractivity contribution is 0.329. The molecule has 0 amide bonds. The Labute approximate surface area is 137 Å². The monoisotopic (exact) mass is 334 g/mol. The van der Waals surface area contributed by atoms with E-state index in [4.69, 9.17) is 4.74 Å². The Kier molecular flexibility index (Phi) is 4.57. The zero-order valence-corrected chi connectivity index (χ0v) is 14.3. The average Bonchev–Trinajstić information content (AvgIpc) is 3.38. The number of rotatable bonds is 7. The Morgan fingerprint density at radius 3 is 2.52 bits per heavy atom. The topological polar surface area (TPSA) is 58.6 Å². The summed E-state index contributed by atoms with van der Waals surface area (Å²) in [5.74, 6) is 0.674. The number of sulfonamides is 1. The summed E-state index contributed by atoms with van der Waals surface area (Å²) in [4.78, 5) is 2.50. The van der Waals surface area contributed by atoms with E-state index in [2.05, 4.69) is 9.62 Å². The second-order valence-corrected chi connectivity index (χ2v) is 7.66. The van der Waals surface area contributed by atoms with Crippen molar-refractivity contribution in [2.24, 2.45) is 0 Å². The zero-order valence-electron chi connectivity index (χ0n) is 13.5. The van der Waals surface area contributed by atoms with Gasteiger partial charge in [0.05, 0.1) is 12.0 Å². The highest BCUT2D eigenvalue weighted by molar-refractivity contribution is 7.89. The van der Waals surface area contributed by atoms with E-state index in [1.807, 2.05) is 31.3 Å². The van der Waals surface area contributed by atoms with Crippen LogP contribution in [0.3, 0.4) is 0 Å². The van der Waals surface area contributed by atoms with E-state index in [-0.39, 0.29) is 0 Å². The summed E-state index contributed by atoms with van der Waals surface area (Å²) >= 11 is 0. The van der Waals surface area contributed by atoms with Gasteiger partial charge in [-0.2, -0.15) is 0 Å². The Morgan fingerprint density at radius 2 is 1.87 bits per heavy atom. The van der Waals surface area contributed by atoms with Crippen LogP contribution in [-0.4, -0.2) is 46.6 Å². The average molecular weight is 334 g/mol. The molecule has 3 rings (SSSR count). The fourth-order valence-electron chi connectivity index (χ4n) is 2.79. The summed E-state index contributed by atoms with van der Waals surface area (Å²) in [5, 5.41) is 1.47. The normalized spacial score (nSPS) is 15.3. The molecule has 0 radical (unpaired) electrons. The second-order valence-electron chi connectivity index (χ2n) is 5.92. The van der Waals surface area contributed by atoms with Gasteiger partial charge < -0.3 is 9.64 Å². The van der Waals surface area contributed by atoms with Gasteiger partial charge >= 0.3 is 0 Å². The van der Waals surface area contributed by atoms with E-state index in [0.717, 1.165) is 11.9 Å². The van der Waals surface area contributed by atoms with Crippen molar-refractivity contribution in [2.75, 3.05) is 27.2 Å². The van der Waals surface area contributed by atoms with Gasteiger partial charge in [-0.25, -0.2) is 13.1 Å². The minimum atomic E-state index is -3.55. The van der Waals surface area contributed by atoms with Crippen LogP contribution in [0.2, 0.25) is 0 Å². The van der Waals surface area contributed by atoms with E-state index in [9.17, 15) is 8.42 Å². The largest absolute Gasteiger partial charge is 0.496 e. The second kappa shape index (κ2) is 6.47. The molecule has 2 aromatic rings. The van der Waals surface area contributed by atoms with Crippen molar-refractivity contribution in [1.29, 1.82) is 0 Å². The molecule has 124 valence electrons. The summed E-state index contributed by atoms with van der Waals surface area (Å²) in [6, 6.07) is 11.3. The first kappa shape index (κ1) is 16.2. The Hall–Kier alpha value is -1.63. The number of ether oxygens (including phenoxy) is 1. The number of likely N-dealkylation sites (N-methyl/N-ethyl adjacent to an activating group) is 1. The zero-order chi connectivity index (χ0) is 16.4. The van der Waals surface area contributed by atoms with Gasteiger partial charge in [0, 0.05) is 29.9 Å². The molecular weight excluding hydrogens is 312 g/mol. The summed E-state index contributed by atoms with van der Waals surface area (Å²) < 4.78 is 33.3. The summed E-state index contributed by atoms with van der Waals surface area (Å²) in [6.45, 7) is 1.13. The molecule has 1 saturated carbocycles. The number of hydrogen-bond acceptors (Lipinski definition) is 4. The van der Waals surface area contributed by atoms with Gasteiger partial charge in [-0.3, -0.25) is 0 Å². The minimum absolute atomic E-state index is 0.294. The maximum Gasteiger partial charge on any atom is 0.241 e. The molecule has 0 atom stereocenters. The van der Waals surface area contributed by atoms with Crippen molar-refractivity contribution in [3.05, 3.63) is 36.4 Å². The molecule has 0 saturated heterocycles. The lowest BCUT2D eigenvalue weighted by Crippen LogP contribution is -2.34. The van der Waals surface area contributed by atoms with Crippen molar-refractivity contribution >= 4 is 20.8 Å². The van der Waals surface area contributed by atoms with Gasteiger partial charge in [0.1, 0.15) is 5.75 Å². The molecule has 1 aliphatic rings. The highest BCUT2D eigenvalue weighted by Crippen LogP contribution is 2.30. The molecule has 1 N–H and O–H groups in total. The van der Waals surface area contributed by atoms with E-state index in [0.29, 0.717) is 28.6 Å². The molecule has 0 heterocycles. The smallest absolute Gasteiger partial charge is 0.241 e. The predicted octanol–water partition coefficient (Wildman–Crippen LogP) is 2.22. The molecule has 0 bridgehead atoms. The maximum absolute atomic E-state index is 12.6. The number of fused-ring (bicyclic) bond motifs is 1. The van der Waals surface area contributed by atoms with Crippen molar-refractivity contribution in [2.45, 2.75) is 23.8 Å². The van der Waals surface area contributed by atoms with Crippen molar-refractivity contribution in [1.82, 2.24) is 9.62 Å². The van der Waals surface area contributed by atoms with Crippen LogP contribution in [0.5, 0.6) is 5.75 Å². The van der Waals surface area contributed by atoms with Crippen LogP contribution in [0.15, 0.2) is 41.3 Å². The van der Waals surface area contributed by atoms with Gasteiger partial charge in [-0.05, 0) is 32.0 Å². The summed E-state index contributed by atoms with van der Waals surface area (Å²) in [5.41, 5.74) is 0. The van der Waals surface area contributed by atoms with E-state index < -0.39 is 10.0 Å². The first-order valence-electron chi connectivity index (χ1n) is 7.78. The molecule has 23 heavy (non-hydrogen) atoms. The van der Waals surface area contributed by atoms with Crippen LogP contribution in [0.25, 0.3) is 10.8 Å². The maximum atomic E-state index is 12.6. The SMILES string of the molecule is COc1ccc(S(=O)(=O)NCCN(C)C2CC2)c2ccccc12. The third-order valence-corrected chi connectivity index (χ3v) is 5.80. The van der Waals surface area contributed by atoms with Crippen LogP contribution < -0.4 is 9.46 Å². The van der Waals surface area contributed by atoms with Gasteiger partial charge in [-0.15, -0.1) is 0 Å². The summed E-state index contributed by atoms with van der Waals surface area (Å²) in [7, 11) is 0.0766. The Bertz CT molecular complexity index is 801. The number of methoxy groups -OCH3 is 1. The third kappa shape index (κ3) is 3.49. The van der Waals surface area contributed by atoms with Gasteiger partial charge in [0.2, 0.25) is 10.0 Å². The molecular formula is C17H22N2O3S. The molecule has 0 spiro atoms. The third-order valence-electron chi connectivity index (χ3n) is 4.28. The van der Waals surface area contributed by atoms with Crippen molar-refractivity contribution in [3.8, 4) is 5.75 Å². The highest BCUT2D eigenvalue weighted by atomic mass is 32.2. The lowest BCUT2D eigenvalue weighted by atomic mass is 10.1. The van der Waals surface area contributed by atoms with E-state index >= 15 is 0 Å². The fourth-order valence-corrected chi connectivity index (χ4v) is 4.02. The molecule has 1 fully saturated rings. The van der Waals surface area contributed by atoms with Crippen LogP contribution in [0, 0.1) is 0 Å². The van der Waals surface area contributed by atoms with Gasteiger partial charge in [0.15, 0.2) is 0 Å². The van der Waals surface area contributed by atoms with Crippen LogP contribution in [0.4, 0.5) is 0 Å².